The molecule has 0 saturated carbocycles. The predicted molar refractivity (Wildman–Crippen MR) is 67.9 cm³/mol. The summed E-state index contributed by atoms with van der Waals surface area (Å²) in [6.07, 6.45) is 4.21. The highest BCUT2D eigenvalue weighted by molar-refractivity contribution is 5.95. The molecule has 2 aliphatic heterocycles. The molecule has 1 aromatic heterocycles. The first-order valence-electron chi connectivity index (χ1n) is 6.85. The third-order valence-corrected chi connectivity index (χ3v) is 3.75. The number of carbonyl (C=O) groups excluding carboxylic acids is 1. The van der Waals surface area contributed by atoms with Gasteiger partial charge < -0.3 is 14.7 Å². The smallest absolute Gasteiger partial charge is 0.257 e. The van der Waals surface area contributed by atoms with Gasteiger partial charge in [0.15, 0.2) is 0 Å². The second kappa shape index (κ2) is 5.30. The highest BCUT2D eigenvalue weighted by Gasteiger charge is 2.26. The normalized spacial score (nSPS) is 23.8. The summed E-state index contributed by atoms with van der Waals surface area (Å²) in [5, 5.41) is 14.0. The van der Waals surface area contributed by atoms with E-state index >= 15 is 0 Å². The number of β-amino-alcohol motifs (C(OH)–C–C–N with tert-alkyl or cyclic N) is 1. The summed E-state index contributed by atoms with van der Waals surface area (Å²) in [5.74, 6) is -0.0345. The molecule has 19 heavy (non-hydrogen) atoms. The summed E-state index contributed by atoms with van der Waals surface area (Å²) in [6.45, 7) is 2.54. The third kappa shape index (κ3) is 2.50. The fourth-order valence-electron chi connectivity index (χ4n) is 2.75. The van der Waals surface area contributed by atoms with E-state index in [0.29, 0.717) is 31.9 Å². The van der Waals surface area contributed by atoms with Gasteiger partial charge in [-0.3, -0.25) is 9.48 Å². The molecule has 6 heteroatoms. The molecule has 1 fully saturated rings. The molecule has 0 spiro atoms. The Hall–Kier alpha value is -1.40. The lowest BCUT2D eigenvalue weighted by Gasteiger charge is -2.22. The molecule has 3 rings (SSSR count). The van der Waals surface area contributed by atoms with Crippen LogP contribution in [0, 0.1) is 0 Å². The van der Waals surface area contributed by atoms with Crippen LogP contribution < -0.4 is 0 Å². The molecule has 1 N–H and O–H groups in total. The first-order chi connectivity index (χ1) is 9.25. The minimum Gasteiger partial charge on any atom is -0.389 e. The number of ether oxygens (including phenoxy) is 1. The summed E-state index contributed by atoms with van der Waals surface area (Å²) < 4.78 is 7.18. The Balaban J connectivity index is 1.81. The molecular weight excluding hydrogens is 246 g/mol. The van der Waals surface area contributed by atoms with Gasteiger partial charge in [0.2, 0.25) is 0 Å². The number of hydrogen-bond acceptors (Lipinski definition) is 4. The maximum atomic E-state index is 12.5. The van der Waals surface area contributed by atoms with Crippen LogP contribution in [0.4, 0.5) is 0 Å². The molecule has 0 bridgehead atoms. The van der Waals surface area contributed by atoms with E-state index in [1.807, 2.05) is 4.68 Å². The van der Waals surface area contributed by atoms with Gasteiger partial charge in [-0.2, -0.15) is 5.10 Å². The first-order valence-corrected chi connectivity index (χ1v) is 6.85. The van der Waals surface area contributed by atoms with Gasteiger partial charge >= 0.3 is 0 Å². The van der Waals surface area contributed by atoms with Crippen molar-refractivity contribution in [2.24, 2.45) is 0 Å². The summed E-state index contributed by atoms with van der Waals surface area (Å²) in [5.41, 5.74) is 1.73. The first kappa shape index (κ1) is 12.6. The van der Waals surface area contributed by atoms with Crippen molar-refractivity contribution in [3.05, 3.63) is 17.5 Å². The van der Waals surface area contributed by atoms with Crippen LogP contribution in [0.15, 0.2) is 6.20 Å². The lowest BCUT2D eigenvalue weighted by Crippen LogP contribution is -2.38. The largest absolute Gasteiger partial charge is 0.389 e. The highest BCUT2D eigenvalue weighted by atomic mass is 16.5. The van der Waals surface area contributed by atoms with Crippen LogP contribution in [-0.2, 0) is 17.7 Å². The van der Waals surface area contributed by atoms with Crippen molar-refractivity contribution in [3.63, 3.8) is 0 Å². The van der Waals surface area contributed by atoms with E-state index in [9.17, 15) is 9.90 Å². The van der Waals surface area contributed by atoms with E-state index in [1.54, 1.807) is 11.1 Å². The average molecular weight is 265 g/mol. The van der Waals surface area contributed by atoms with Gasteiger partial charge in [0, 0.05) is 19.6 Å². The minimum atomic E-state index is -0.599. The zero-order chi connectivity index (χ0) is 13.2. The molecule has 3 heterocycles. The fourth-order valence-corrected chi connectivity index (χ4v) is 2.75. The van der Waals surface area contributed by atoms with Gasteiger partial charge in [0.05, 0.1) is 36.8 Å². The van der Waals surface area contributed by atoms with Gasteiger partial charge in [0.1, 0.15) is 0 Å². The molecule has 0 aromatic carbocycles. The Morgan fingerprint density at radius 3 is 3.21 bits per heavy atom. The maximum Gasteiger partial charge on any atom is 0.257 e. The highest BCUT2D eigenvalue weighted by Crippen LogP contribution is 2.20. The van der Waals surface area contributed by atoms with Crippen LogP contribution in [0.5, 0.6) is 0 Å². The zero-order valence-corrected chi connectivity index (χ0v) is 10.9. The number of hydrogen-bond donors (Lipinski definition) is 1. The summed E-state index contributed by atoms with van der Waals surface area (Å²) >= 11 is 0. The molecule has 0 unspecified atom stereocenters. The molecule has 0 radical (unpaired) electrons. The lowest BCUT2D eigenvalue weighted by atomic mass is 10.1. The van der Waals surface area contributed by atoms with Crippen LogP contribution in [0.25, 0.3) is 0 Å². The number of nitrogens with zero attached hydrogens (tertiary/aromatic N) is 3. The number of aliphatic hydroxyl groups is 1. The van der Waals surface area contributed by atoms with Crippen LogP contribution >= 0.6 is 0 Å². The van der Waals surface area contributed by atoms with Gasteiger partial charge in [-0.15, -0.1) is 0 Å². The maximum absolute atomic E-state index is 12.5. The molecule has 104 valence electrons. The fraction of sp³-hybridized carbons (Fsp3) is 0.692. The molecular formula is C13H19N3O3. The minimum absolute atomic E-state index is 0.0345. The van der Waals surface area contributed by atoms with E-state index in [4.69, 9.17) is 4.74 Å². The van der Waals surface area contributed by atoms with Crippen molar-refractivity contribution in [2.45, 2.75) is 31.9 Å². The number of rotatable bonds is 1. The topological polar surface area (TPSA) is 67.6 Å². The summed E-state index contributed by atoms with van der Waals surface area (Å²) in [6, 6.07) is 0. The van der Waals surface area contributed by atoms with E-state index in [1.165, 1.54) is 0 Å². The molecule has 1 atom stereocenters. The number of fused-ring (bicyclic) bond motifs is 1. The molecule has 2 aliphatic rings. The van der Waals surface area contributed by atoms with E-state index in [0.717, 1.165) is 31.5 Å². The number of carbonyl (C=O) groups is 1. The monoisotopic (exact) mass is 265 g/mol. The Kier molecular flexibility index (Phi) is 3.52. The molecule has 1 saturated heterocycles. The molecule has 0 aliphatic carbocycles. The van der Waals surface area contributed by atoms with Crippen molar-refractivity contribution in [1.82, 2.24) is 14.7 Å². The second-order valence-corrected chi connectivity index (χ2v) is 5.17. The SMILES string of the molecule is O=C(c1cnn2c1CCCC2)N1CCOC[C@H](O)C1. The number of amides is 1. The van der Waals surface area contributed by atoms with Crippen LogP contribution in [0.1, 0.15) is 28.9 Å². The zero-order valence-electron chi connectivity index (χ0n) is 10.9. The summed E-state index contributed by atoms with van der Waals surface area (Å²) in [4.78, 5) is 14.2. The molecule has 6 nitrogen and oxygen atoms in total. The predicted octanol–water partition coefficient (Wildman–Crippen LogP) is 0.0527. The van der Waals surface area contributed by atoms with Crippen molar-refractivity contribution in [1.29, 1.82) is 0 Å². The van der Waals surface area contributed by atoms with Gasteiger partial charge in [-0.1, -0.05) is 0 Å². The van der Waals surface area contributed by atoms with E-state index < -0.39 is 6.10 Å². The second-order valence-electron chi connectivity index (χ2n) is 5.17. The number of aromatic nitrogens is 2. The quantitative estimate of drug-likeness (QED) is 0.779. The average Bonchev–Trinajstić information content (AvgIpc) is 2.73. The van der Waals surface area contributed by atoms with Crippen molar-refractivity contribution >= 4 is 5.91 Å². The Bertz CT molecular complexity index is 472. The Morgan fingerprint density at radius 2 is 2.32 bits per heavy atom. The summed E-state index contributed by atoms with van der Waals surface area (Å²) in [7, 11) is 0. The van der Waals surface area contributed by atoms with Crippen LogP contribution in [-0.4, -0.2) is 58.1 Å². The van der Waals surface area contributed by atoms with Crippen molar-refractivity contribution in [3.8, 4) is 0 Å². The standard InChI is InChI=1S/C13H19N3O3/c17-10-8-15(5-6-19-9-10)13(18)11-7-14-16-4-2-1-3-12(11)16/h7,10,17H,1-6,8-9H2/t10-/m1/s1. The number of aryl methyl sites for hydroxylation is 1. The van der Waals surface area contributed by atoms with E-state index in [-0.39, 0.29) is 5.91 Å². The number of aliphatic hydroxyl groups excluding tert-OH is 1. The molecule has 1 amide bonds. The van der Waals surface area contributed by atoms with Gasteiger partial charge in [-0.25, -0.2) is 0 Å². The van der Waals surface area contributed by atoms with Crippen molar-refractivity contribution in [2.75, 3.05) is 26.3 Å². The third-order valence-electron chi connectivity index (χ3n) is 3.75. The van der Waals surface area contributed by atoms with Crippen LogP contribution in [0.2, 0.25) is 0 Å². The van der Waals surface area contributed by atoms with Crippen molar-refractivity contribution < 1.29 is 14.6 Å². The Labute approximate surface area is 112 Å². The van der Waals surface area contributed by atoms with Crippen LogP contribution in [0.3, 0.4) is 0 Å². The van der Waals surface area contributed by atoms with E-state index in [2.05, 4.69) is 5.10 Å². The Morgan fingerprint density at radius 1 is 1.42 bits per heavy atom. The molecule has 1 aromatic rings. The van der Waals surface area contributed by atoms with Gasteiger partial charge in [-0.05, 0) is 19.3 Å². The lowest BCUT2D eigenvalue weighted by molar-refractivity contribution is 0.0534. The van der Waals surface area contributed by atoms with Gasteiger partial charge in [0.25, 0.3) is 5.91 Å².